The minimum atomic E-state index is -0.776. The molecule has 1 aromatic carbocycles. The van der Waals surface area contributed by atoms with Gasteiger partial charge in [-0.1, -0.05) is 11.6 Å². The molecule has 1 fully saturated rings. The Morgan fingerprint density at radius 3 is 2.76 bits per heavy atom. The summed E-state index contributed by atoms with van der Waals surface area (Å²) in [4.78, 5) is 11.7. The fourth-order valence-electron chi connectivity index (χ4n) is 1.78. The van der Waals surface area contributed by atoms with Crippen LogP contribution in [0.3, 0.4) is 0 Å². The van der Waals surface area contributed by atoms with Gasteiger partial charge >= 0.3 is 0 Å². The number of benzene rings is 1. The fraction of sp³-hybridized carbons (Fsp3) is 0.417. The maximum Gasteiger partial charge on any atom is 0.252 e. The Bertz CT molecular complexity index is 446. The van der Waals surface area contributed by atoms with E-state index in [0.29, 0.717) is 12.8 Å². The first-order chi connectivity index (χ1) is 8.00. The number of halogens is 2. The van der Waals surface area contributed by atoms with E-state index in [-0.39, 0.29) is 17.1 Å². The first kappa shape index (κ1) is 12.3. The van der Waals surface area contributed by atoms with Crippen molar-refractivity contribution in [3.63, 3.8) is 0 Å². The largest absolute Gasteiger partial charge is 0.388 e. The van der Waals surface area contributed by atoms with Gasteiger partial charge in [-0.25, -0.2) is 4.39 Å². The Morgan fingerprint density at radius 2 is 2.24 bits per heavy atom. The normalized spacial score (nSPS) is 17.4. The molecule has 0 atom stereocenters. The van der Waals surface area contributed by atoms with Crippen LogP contribution in [0.25, 0.3) is 0 Å². The highest BCUT2D eigenvalue weighted by Crippen LogP contribution is 2.30. The summed E-state index contributed by atoms with van der Waals surface area (Å²) < 4.78 is 12.8. The fourth-order valence-corrected chi connectivity index (χ4v) is 2.03. The van der Waals surface area contributed by atoms with Gasteiger partial charge in [-0.3, -0.25) is 4.79 Å². The maximum absolute atomic E-state index is 12.8. The van der Waals surface area contributed by atoms with Crippen molar-refractivity contribution in [2.45, 2.75) is 24.9 Å². The zero-order chi connectivity index (χ0) is 12.5. The van der Waals surface area contributed by atoms with Gasteiger partial charge in [0.25, 0.3) is 5.91 Å². The lowest BCUT2D eigenvalue weighted by Crippen LogP contribution is -2.47. The van der Waals surface area contributed by atoms with E-state index in [0.717, 1.165) is 12.5 Å². The predicted molar refractivity (Wildman–Crippen MR) is 62.5 cm³/mol. The second-order valence-electron chi connectivity index (χ2n) is 4.38. The van der Waals surface area contributed by atoms with Crippen molar-refractivity contribution in [2.75, 3.05) is 6.54 Å². The van der Waals surface area contributed by atoms with E-state index in [1.807, 2.05) is 0 Å². The SMILES string of the molecule is O=C(NCC1(O)CCC1)c1ccc(F)cc1Cl. The van der Waals surface area contributed by atoms with E-state index in [1.54, 1.807) is 0 Å². The summed E-state index contributed by atoms with van der Waals surface area (Å²) in [7, 11) is 0. The number of amides is 1. The van der Waals surface area contributed by atoms with Crippen molar-refractivity contribution in [2.24, 2.45) is 0 Å². The Balaban J connectivity index is 1.99. The van der Waals surface area contributed by atoms with Crippen LogP contribution in [-0.4, -0.2) is 23.2 Å². The van der Waals surface area contributed by atoms with Crippen LogP contribution in [0.5, 0.6) is 0 Å². The highest BCUT2D eigenvalue weighted by molar-refractivity contribution is 6.33. The van der Waals surface area contributed by atoms with E-state index in [2.05, 4.69) is 5.32 Å². The minimum Gasteiger partial charge on any atom is -0.388 e. The van der Waals surface area contributed by atoms with Gasteiger partial charge in [0.05, 0.1) is 16.2 Å². The van der Waals surface area contributed by atoms with Crippen LogP contribution >= 0.6 is 11.6 Å². The molecule has 0 radical (unpaired) electrons. The molecule has 17 heavy (non-hydrogen) atoms. The lowest BCUT2D eigenvalue weighted by atomic mass is 9.80. The van der Waals surface area contributed by atoms with Crippen LogP contribution in [0.1, 0.15) is 29.6 Å². The van der Waals surface area contributed by atoms with Crippen molar-refractivity contribution in [3.05, 3.63) is 34.6 Å². The molecule has 0 saturated heterocycles. The summed E-state index contributed by atoms with van der Waals surface area (Å²) >= 11 is 5.76. The monoisotopic (exact) mass is 257 g/mol. The molecular weight excluding hydrogens is 245 g/mol. The molecule has 1 saturated carbocycles. The third kappa shape index (κ3) is 2.76. The number of nitrogens with one attached hydrogen (secondary N) is 1. The van der Waals surface area contributed by atoms with Gasteiger partial charge < -0.3 is 10.4 Å². The molecule has 5 heteroatoms. The van der Waals surface area contributed by atoms with Crippen LogP contribution in [0.15, 0.2) is 18.2 Å². The van der Waals surface area contributed by atoms with Gasteiger partial charge in [-0.05, 0) is 37.5 Å². The smallest absolute Gasteiger partial charge is 0.252 e. The lowest BCUT2D eigenvalue weighted by molar-refractivity contribution is -0.0300. The Labute approximate surface area is 104 Å². The molecule has 0 unspecified atom stereocenters. The van der Waals surface area contributed by atoms with Crippen LogP contribution in [0.4, 0.5) is 4.39 Å². The average Bonchev–Trinajstić information content (AvgIpc) is 2.23. The van der Waals surface area contributed by atoms with Crippen LogP contribution in [0, 0.1) is 5.82 Å². The van der Waals surface area contributed by atoms with Crippen molar-refractivity contribution < 1.29 is 14.3 Å². The summed E-state index contributed by atoms with van der Waals surface area (Å²) in [6.07, 6.45) is 2.37. The predicted octanol–water partition coefficient (Wildman–Crippen LogP) is 2.12. The Morgan fingerprint density at radius 1 is 1.53 bits per heavy atom. The number of carbonyl (C=O) groups excluding carboxylic acids is 1. The van der Waals surface area contributed by atoms with Gasteiger partial charge in [0.2, 0.25) is 0 Å². The molecule has 0 spiro atoms. The molecule has 0 aromatic heterocycles. The molecule has 0 aliphatic heterocycles. The minimum absolute atomic E-state index is 0.0723. The second-order valence-corrected chi connectivity index (χ2v) is 4.79. The Kier molecular flexibility index (Phi) is 3.35. The summed E-state index contributed by atoms with van der Waals surface area (Å²) in [5, 5.41) is 12.5. The molecule has 1 amide bonds. The van der Waals surface area contributed by atoms with E-state index in [1.165, 1.54) is 12.1 Å². The summed E-state index contributed by atoms with van der Waals surface area (Å²) in [6.45, 7) is 0.208. The third-order valence-electron chi connectivity index (χ3n) is 3.04. The van der Waals surface area contributed by atoms with Crippen LogP contribution < -0.4 is 5.32 Å². The zero-order valence-electron chi connectivity index (χ0n) is 9.17. The molecule has 0 bridgehead atoms. The van der Waals surface area contributed by atoms with E-state index >= 15 is 0 Å². The van der Waals surface area contributed by atoms with E-state index in [9.17, 15) is 14.3 Å². The second kappa shape index (κ2) is 4.63. The third-order valence-corrected chi connectivity index (χ3v) is 3.35. The molecule has 2 N–H and O–H groups in total. The van der Waals surface area contributed by atoms with Gasteiger partial charge in [0.15, 0.2) is 0 Å². The van der Waals surface area contributed by atoms with Crippen molar-refractivity contribution >= 4 is 17.5 Å². The molecular formula is C12H13ClFNO2. The zero-order valence-corrected chi connectivity index (χ0v) is 9.93. The molecule has 3 nitrogen and oxygen atoms in total. The first-order valence-electron chi connectivity index (χ1n) is 5.46. The van der Waals surface area contributed by atoms with Gasteiger partial charge in [-0.15, -0.1) is 0 Å². The molecule has 1 aliphatic rings. The lowest BCUT2D eigenvalue weighted by Gasteiger charge is -2.36. The summed E-state index contributed by atoms with van der Waals surface area (Å²) in [5.74, 6) is -0.875. The highest BCUT2D eigenvalue weighted by atomic mass is 35.5. The number of hydrogen-bond donors (Lipinski definition) is 2. The molecule has 0 heterocycles. The van der Waals surface area contributed by atoms with Gasteiger partial charge in [0.1, 0.15) is 5.82 Å². The van der Waals surface area contributed by atoms with Crippen LogP contribution in [0.2, 0.25) is 5.02 Å². The molecule has 1 aromatic rings. The number of rotatable bonds is 3. The number of carbonyl (C=O) groups is 1. The maximum atomic E-state index is 12.8. The number of hydrogen-bond acceptors (Lipinski definition) is 2. The topological polar surface area (TPSA) is 49.3 Å². The van der Waals surface area contributed by atoms with Crippen molar-refractivity contribution in [1.82, 2.24) is 5.32 Å². The highest BCUT2D eigenvalue weighted by Gasteiger charge is 2.34. The van der Waals surface area contributed by atoms with E-state index in [4.69, 9.17) is 11.6 Å². The molecule has 1 aliphatic carbocycles. The summed E-state index contributed by atoms with van der Waals surface area (Å²) in [6, 6.07) is 3.60. The average molecular weight is 258 g/mol. The molecule has 92 valence electrons. The summed E-state index contributed by atoms with van der Waals surface area (Å²) in [5.41, 5.74) is -0.557. The quantitative estimate of drug-likeness (QED) is 0.872. The van der Waals surface area contributed by atoms with Crippen molar-refractivity contribution in [3.8, 4) is 0 Å². The first-order valence-corrected chi connectivity index (χ1v) is 5.84. The standard InChI is InChI=1S/C12H13ClFNO2/c13-10-6-8(14)2-3-9(10)11(16)15-7-12(17)4-1-5-12/h2-3,6,17H,1,4-5,7H2,(H,15,16). The van der Waals surface area contributed by atoms with E-state index < -0.39 is 17.3 Å². The van der Waals surface area contributed by atoms with Gasteiger partial charge in [-0.2, -0.15) is 0 Å². The van der Waals surface area contributed by atoms with Crippen molar-refractivity contribution in [1.29, 1.82) is 0 Å². The van der Waals surface area contributed by atoms with Crippen LogP contribution in [-0.2, 0) is 0 Å². The number of aliphatic hydroxyl groups is 1. The molecule has 2 rings (SSSR count). The van der Waals surface area contributed by atoms with Gasteiger partial charge in [0, 0.05) is 6.54 Å². The Hall–Kier alpha value is -1.13.